The SMILES string of the molecule is COCCOCCCC(CO)(CNC(=O)OC(C)(C)C)CC1CC1. The number of hydrogen-bond donors (Lipinski definition) is 2. The Balaban J connectivity index is 2.44. The Morgan fingerprint density at radius 1 is 1.21 bits per heavy atom. The molecule has 1 aliphatic carbocycles. The van der Waals surface area contributed by atoms with Gasteiger partial charge in [-0.15, -0.1) is 0 Å². The van der Waals surface area contributed by atoms with Crippen molar-refractivity contribution in [1.82, 2.24) is 5.32 Å². The monoisotopic (exact) mass is 345 g/mol. The molecule has 0 radical (unpaired) electrons. The molecule has 1 atom stereocenters. The molecule has 24 heavy (non-hydrogen) atoms. The maximum Gasteiger partial charge on any atom is 0.407 e. The molecule has 0 aromatic heterocycles. The van der Waals surface area contributed by atoms with Gasteiger partial charge in [-0.2, -0.15) is 0 Å². The summed E-state index contributed by atoms with van der Waals surface area (Å²) in [5.74, 6) is 0.673. The highest BCUT2D eigenvalue weighted by Gasteiger charge is 2.37. The number of carbonyl (C=O) groups excluding carboxylic acids is 1. The van der Waals surface area contributed by atoms with Crippen molar-refractivity contribution in [2.45, 2.75) is 58.5 Å². The fraction of sp³-hybridized carbons (Fsp3) is 0.944. The van der Waals surface area contributed by atoms with Gasteiger partial charge in [0.2, 0.25) is 0 Å². The van der Waals surface area contributed by atoms with Crippen LogP contribution in [0.15, 0.2) is 0 Å². The molecule has 0 aromatic carbocycles. The molecule has 1 amide bonds. The molecule has 1 fully saturated rings. The summed E-state index contributed by atoms with van der Waals surface area (Å²) in [5.41, 5.74) is -0.805. The van der Waals surface area contributed by atoms with E-state index in [4.69, 9.17) is 14.2 Å². The first-order chi connectivity index (χ1) is 11.3. The fourth-order valence-corrected chi connectivity index (χ4v) is 2.76. The molecule has 1 unspecified atom stereocenters. The first kappa shape index (κ1) is 21.2. The number of rotatable bonds is 12. The smallest absolute Gasteiger partial charge is 0.407 e. The first-order valence-electron chi connectivity index (χ1n) is 8.95. The van der Waals surface area contributed by atoms with Crippen molar-refractivity contribution in [2.75, 3.05) is 40.1 Å². The number of methoxy groups -OCH3 is 1. The van der Waals surface area contributed by atoms with E-state index in [1.807, 2.05) is 20.8 Å². The van der Waals surface area contributed by atoms with Gasteiger partial charge in [0.1, 0.15) is 5.60 Å². The summed E-state index contributed by atoms with van der Waals surface area (Å²) in [7, 11) is 1.65. The van der Waals surface area contributed by atoms with Crippen molar-refractivity contribution in [3.63, 3.8) is 0 Å². The third-order valence-electron chi connectivity index (χ3n) is 4.19. The minimum absolute atomic E-state index is 0.0668. The van der Waals surface area contributed by atoms with Gasteiger partial charge < -0.3 is 24.6 Å². The first-order valence-corrected chi connectivity index (χ1v) is 8.95. The molecule has 0 saturated heterocycles. The zero-order valence-electron chi connectivity index (χ0n) is 15.7. The Labute approximate surface area is 146 Å². The highest BCUT2D eigenvalue weighted by Crippen LogP contribution is 2.42. The summed E-state index contributed by atoms with van der Waals surface area (Å²) in [4.78, 5) is 11.9. The zero-order chi connectivity index (χ0) is 18.1. The number of aliphatic hydroxyl groups excluding tert-OH is 1. The molecule has 0 aliphatic heterocycles. The molecule has 2 N–H and O–H groups in total. The summed E-state index contributed by atoms with van der Waals surface area (Å²) in [6, 6.07) is 0. The number of ether oxygens (including phenoxy) is 3. The lowest BCUT2D eigenvalue weighted by Crippen LogP contribution is -2.42. The van der Waals surface area contributed by atoms with Crippen LogP contribution < -0.4 is 5.32 Å². The van der Waals surface area contributed by atoms with Crippen LogP contribution in [0.3, 0.4) is 0 Å². The number of amides is 1. The summed E-state index contributed by atoms with van der Waals surface area (Å²) in [6.07, 6.45) is 4.64. The lowest BCUT2D eigenvalue weighted by Gasteiger charge is -2.33. The predicted octanol–water partition coefficient (Wildman–Crippen LogP) is 2.73. The minimum atomic E-state index is -0.516. The topological polar surface area (TPSA) is 77.0 Å². The van der Waals surface area contributed by atoms with Crippen molar-refractivity contribution in [2.24, 2.45) is 11.3 Å². The van der Waals surface area contributed by atoms with Crippen LogP contribution in [0.5, 0.6) is 0 Å². The van der Waals surface area contributed by atoms with Gasteiger partial charge in [-0.3, -0.25) is 0 Å². The lowest BCUT2D eigenvalue weighted by atomic mass is 9.79. The van der Waals surface area contributed by atoms with E-state index in [0.29, 0.717) is 32.3 Å². The highest BCUT2D eigenvalue weighted by molar-refractivity contribution is 5.67. The average molecular weight is 345 g/mol. The molecule has 1 saturated carbocycles. The number of hydrogen-bond acceptors (Lipinski definition) is 5. The molecule has 0 bridgehead atoms. The summed E-state index contributed by atoms with van der Waals surface area (Å²) in [5, 5.41) is 12.8. The van der Waals surface area contributed by atoms with Gasteiger partial charge in [0.05, 0.1) is 19.8 Å². The molecular weight excluding hydrogens is 310 g/mol. The van der Waals surface area contributed by atoms with Crippen LogP contribution >= 0.6 is 0 Å². The van der Waals surface area contributed by atoms with E-state index in [0.717, 1.165) is 19.3 Å². The van der Waals surface area contributed by atoms with Crippen LogP contribution in [-0.2, 0) is 14.2 Å². The summed E-state index contributed by atoms with van der Waals surface area (Å²) in [6.45, 7) is 7.84. The largest absolute Gasteiger partial charge is 0.444 e. The third kappa shape index (κ3) is 9.45. The second-order valence-corrected chi connectivity index (χ2v) is 7.87. The van der Waals surface area contributed by atoms with Crippen molar-refractivity contribution >= 4 is 6.09 Å². The average Bonchev–Trinajstić information content (AvgIpc) is 3.30. The predicted molar refractivity (Wildman–Crippen MR) is 93.0 cm³/mol. The Morgan fingerprint density at radius 2 is 1.92 bits per heavy atom. The van der Waals surface area contributed by atoms with Crippen LogP contribution in [0, 0.1) is 11.3 Å². The van der Waals surface area contributed by atoms with Crippen LogP contribution in [0.25, 0.3) is 0 Å². The van der Waals surface area contributed by atoms with Crippen molar-refractivity contribution in [1.29, 1.82) is 0 Å². The minimum Gasteiger partial charge on any atom is -0.444 e. The maximum absolute atomic E-state index is 11.9. The Bertz CT molecular complexity index is 365. The van der Waals surface area contributed by atoms with Gasteiger partial charge in [-0.05, 0) is 46.0 Å². The molecule has 1 aliphatic rings. The molecule has 0 aromatic rings. The second-order valence-electron chi connectivity index (χ2n) is 7.87. The van der Waals surface area contributed by atoms with Gasteiger partial charge in [0.15, 0.2) is 0 Å². The fourth-order valence-electron chi connectivity index (χ4n) is 2.76. The highest BCUT2D eigenvalue weighted by atomic mass is 16.6. The van der Waals surface area contributed by atoms with E-state index in [2.05, 4.69) is 5.32 Å². The van der Waals surface area contributed by atoms with Gasteiger partial charge >= 0.3 is 6.09 Å². The van der Waals surface area contributed by atoms with Gasteiger partial charge in [-0.1, -0.05) is 12.8 Å². The summed E-state index contributed by atoms with van der Waals surface area (Å²) < 4.78 is 15.8. The molecule has 142 valence electrons. The summed E-state index contributed by atoms with van der Waals surface area (Å²) >= 11 is 0. The quantitative estimate of drug-likeness (QED) is 0.532. The molecular formula is C18H35NO5. The van der Waals surface area contributed by atoms with E-state index in [-0.39, 0.29) is 12.0 Å². The van der Waals surface area contributed by atoms with Gasteiger partial charge in [-0.25, -0.2) is 4.79 Å². The number of alkyl carbamates (subject to hydrolysis) is 1. The molecule has 0 heterocycles. The molecule has 6 nitrogen and oxygen atoms in total. The lowest BCUT2D eigenvalue weighted by molar-refractivity contribution is 0.0375. The van der Waals surface area contributed by atoms with E-state index in [1.165, 1.54) is 12.8 Å². The molecule has 6 heteroatoms. The standard InChI is InChI=1S/C18H35NO5/c1-17(2,3)24-16(21)19-13-18(14-20,12-15-6-7-15)8-5-9-23-11-10-22-4/h15,20H,5-14H2,1-4H3,(H,19,21). The van der Waals surface area contributed by atoms with Crippen molar-refractivity contribution < 1.29 is 24.1 Å². The van der Waals surface area contributed by atoms with Crippen molar-refractivity contribution in [3.8, 4) is 0 Å². The van der Waals surface area contributed by atoms with E-state index in [9.17, 15) is 9.90 Å². The van der Waals surface area contributed by atoms with Gasteiger partial charge in [0.25, 0.3) is 0 Å². The number of aliphatic hydroxyl groups is 1. The molecule has 1 rings (SSSR count). The Morgan fingerprint density at radius 3 is 2.46 bits per heavy atom. The zero-order valence-corrected chi connectivity index (χ0v) is 15.7. The number of carbonyl (C=O) groups is 1. The van der Waals surface area contributed by atoms with Crippen molar-refractivity contribution in [3.05, 3.63) is 0 Å². The van der Waals surface area contributed by atoms with E-state index >= 15 is 0 Å². The Kier molecular flexibility index (Phi) is 9.02. The molecule has 0 spiro atoms. The Hall–Kier alpha value is -0.850. The van der Waals surface area contributed by atoms with Crippen LogP contribution in [0.4, 0.5) is 4.79 Å². The van der Waals surface area contributed by atoms with Gasteiger partial charge in [0, 0.05) is 25.7 Å². The van der Waals surface area contributed by atoms with E-state index in [1.54, 1.807) is 7.11 Å². The van der Waals surface area contributed by atoms with E-state index < -0.39 is 11.7 Å². The van der Waals surface area contributed by atoms with Crippen LogP contribution in [0.1, 0.15) is 52.9 Å². The third-order valence-corrected chi connectivity index (χ3v) is 4.19. The number of nitrogens with one attached hydrogen (secondary N) is 1. The van der Waals surface area contributed by atoms with Crippen LogP contribution in [0.2, 0.25) is 0 Å². The maximum atomic E-state index is 11.9. The van der Waals surface area contributed by atoms with Crippen LogP contribution in [-0.4, -0.2) is 56.9 Å². The normalized spacial score (nSPS) is 17.4. The second kappa shape index (κ2) is 10.2.